The van der Waals surface area contributed by atoms with Crippen LogP contribution in [0.25, 0.3) is 0 Å². The molecule has 0 saturated carbocycles. The van der Waals surface area contributed by atoms with Crippen LogP contribution >= 0.6 is 0 Å². The van der Waals surface area contributed by atoms with E-state index in [2.05, 4.69) is 0 Å². The van der Waals surface area contributed by atoms with E-state index in [4.69, 9.17) is 4.74 Å². The fraction of sp³-hybridized carbons (Fsp3) is 0.714. The minimum Gasteiger partial charge on any atom is -0.393 e. The zero-order chi connectivity index (χ0) is 13.0. The zero-order valence-corrected chi connectivity index (χ0v) is 11.1. The Hall–Kier alpha value is -1.12. The Balaban J connectivity index is 2.85. The molecule has 1 aliphatic heterocycles. The molecule has 3 nitrogen and oxygen atoms in total. The Morgan fingerprint density at radius 3 is 1.59 bits per heavy atom. The maximum Gasteiger partial charge on any atom is 0.317 e. The van der Waals surface area contributed by atoms with Gasteiger partial charge in [0.15, 0.2) is 0 Å². The van der Waals surface area contributed by atoms with E-state index in [-0.39, 0.29) is 35.6 Å². The smallest absolute Gasteiger partial charge is 0.317 e. The molecule has 0 aromatic carbocycles. The molecule has 96 valence electrons. The quantitative estimate of drug-likeness (QED) is 0.422. The third-order valence-electron chi connectivity index (χ3n) is 3.36. The first-order valence-corrected chi connectivity index (χ1v) is 6.34. The van der Waals surface area contributed by atoms with Crippen molar-refractivity contribution in [1.29, 1.82) is 0 Å². The SMILES string of the molecule is CC(C)C1CC=CCC(C(C)C)C(=O)OC1=O. The lowest BCUT2D eigenvalue weighted by atomic mass is 9.92. The van der Waals surface area contributed by atoms with Gasteiger partial charge in [0.2, 0.25) is 0 Å². The van der Waals surface area contributed by atoms with Gasteiger partial charge >= 0.3 is 11.9 Å². The molecule has 1 rings (SSSR count). The summed E-state index contributed by atoms with van der Waals surface area (Å²) in [6.45, 7) is 7.90. The number of allylic oxidation sites excluding steroid dienone is 2. The van der Waals surface area contributed by atoms with Gasteiger partial charge in [-0.25, -0.2) is 0 Å². The number of rotatable bonds is 2. The van der Waals surface area contributed by atoms with Crippen LogP contribution in [-0.4, -0.2) is 11.9 Å². The van der Waals surface area contributed by atoms with Crippen LogP contribution < -0.4 is 0 Å². The van der Waals surface area contributed by atoms with E-state index in [1.54, 1.807) is 0 Å². The van der Waals surface area contributed by atoms with Gasteiger partial charge < -0.3 is 4.74 Å². The van der Waals surface area contributed by atoms with Crippen molar-refractivity contribution in [3.63, 3.8) is 0 Å². The Labute approximate surface area is 103 Å². The molecule has 2 unspecified atom stereocenters. The highest BCUT2D eigenvalue weighted by atomic mass is 16.6. The largest absolute Gasteiger partial charge is 0.393 e. The molecule has 0 N–H and O–H groups in total. The maximum atomic E-state index is 11.9. The summed E-state index contributed by atoms with van der Waals surface area (Å²) in [5.41, 5.74) is 0. The Morgan fingerprint density at radius 2 is 1.29 bits per heavy atom. The minimum absolute atomic E-state index is 0.190. The van der Waals surface area contributed by atoms with Crippen LogP contribution in [0.4, 0.5) is 0 Å². The second kappa shape index (κ2) is 5.99. The fourth-order valence-corrected chi connectivity index (χ4v) is 2.02. The molecule has 0 spiro atoms. The number of esters is 2. The first kappa shape index (κ1) is 13.9. The van der Waals surface area contributed by atoms with E-state index in [0.717, 1.165) is 0 Å². The number of hydrogen-bond donors (Lipinski definition) is 0. The highest BCUT2D eigenvalue weighted by Crippen LogP contribution is 2.24. The minimum atomic E-state index is -0.373. The van der Waals surface area contributed by atoms with E-state index in [9.17, 15) is 9.59 Å². The lowest BCUT2D eigenvalue weighted by Crippen LogP contribution is -2.29. The summed E-state index contributed by atoms with van der Waals surface area (Å²) in [5.74, 6) is -0.780. The second-order valence-corrected chi connectivity index (χ2v) is 5.38. The lowest BCUT2D eigenvalue weighted by Gasteiger charge is -2.19. The van der Waals surface area contributed by atoms with Crippen molar-refractivity contribution in [2.45, 2.75) is 40.5 Å². The van der Waals surface area contributed by atoms with Crippen molar-refractivity contribution in [3.05, 3.63) is 12.2 Å². The van der Waals surface area contributed by atoms with Crippen LogP contribution in [0.2, 0.25) is 0 Å². The molecule has 2 atom stereocenters. The highest BCUT2D eigenvalue weighted by Gasteiger charge is 2.30. The van der Waals surface area contributed by atoms with Gasteiger partial charge in [-0.3, -0.25) is 9.59 Å². The summed E-state index contributed by atoms with van der Waals surface area (Å²) in [6.07, 6.45) is 5.32. The third-order valence-corrected chi connectivity index (χ3v) is 3.36. The summed E-state index contributed by atoms with van der Waals surface area (Å²) in [7, 11) is 0. The van der Waals surface area contributed by atoms with E-state index < -0.39 is 0 Å². The molecule has 0 fully saturated rings. The molecule has 0 aliphatic carbocycles. The van der Waals surface area contributed by atoms with Crippen LogP contribution in [0.5, 0.6) is 0 Å². The van der Waals surface area contributed by atoms with Gasteiger partial charge in [-0.05, 0) is 24.7 Å². The molecule has 17 heavy (non-hydrogen) atoms. The van der Waals surface area contributed by atoms with Crippen molar-refractivity contribution >= 4 is 11.9 Å². The van der Waals surface area contributed by atoms with Gasteiger partial charge in [-0.2, -0.15) is 0 Å². The van der Waals surface area contributed by atoms with E-state index in [1.807, 2.05) is 39.8 Å². The summed E-state index contributed by atoms with van der Waals surface area (Å²) < 4.78 is 5.00. The average molecular weight is 238 g/mol. The average Bonchev–Trinajstić information content (AvgIpc) is 2.26. The van der Waals surface area contributed by atoms with Crippen LogP contribution in [-0.2, 0) is 14.3 Å². The number of carbonyl (C=O) groups is 2. The summed E-state index contributed by atoms with van der Waals surface area (Å²) >= 11 is 0. The molecule has 0 saturated heterocycles. The van der Waals surface area contributed by atoms with Gasteiger partial charge in [-0.1, -0.05) is 39.8 Å². The van der Waals surface area contributed by atoms with Gasteiger partial charge in [0.25, 0.3) is 0 Å². The number of hydrogen-bond acceptors (Lipinski definition) is 3. The topological polar surface area (TPSA) is 43.4 Å². The molecule has 1 heterocycles. The monoisotopic (exact) mass is 238 g/mol. The molecule has 0 radical (unpaired) electrons. The van der Waals surface area contributed by atoms with Gasteiger partial charge in [0.05, 0.1) is 11.8 Å². The van der Waals surface area contributed by atoms with Crippen LogP contribution in [0.1, 0.15) is 40.5 Å². The highest BCUT2D eigenvalue weighted by molar-refractivity contribution is 5.88. The van der Waals surface area contributed by atoms with Gasteiger partial charge in [-0.15, -0.1) is 0 Å². The zero-order valence-electron chi connectivity index (χ0n) is 11.1. The predicted molar refractivity (Wildman–Crippen MR) is 66.1 cm³/mol. The number of ether oxygens (including phenoxy) is 1. The molecule has 3 heteroatoms. The van der Waals surface area contributed by atoms with Crippen molar-refractivity contribution in [2.24, 2.45) is 23.7 Å². The van der Waals surface area contributed by atoms with E-state index in [1.165, 1.54) is 0 Å². The standard InChI is InChI=1S/C14H22O3/c1-9(2)11-7-5-6-8-12(10(3)4)14(16)17-13(11)15/h5-6,9-12H,7-8H2,1-4H3. The number of cyclic esters (lactones) is 2. The van der Waals surface area contributed by atoms with Gasteiger partial charge in [0.1, 0.15) is 0 Å². The molecule has 0 aromatic rings. The third kappa shape index (κ3) is 3.69. The lowest BCUT2D eigenvalue weighted by molar-refractivity contribution is -0.167. The van der Waals surface area contributed by atoms with Crippen molar-refractivity contribution in [3.8, 4) is 0 Å². The summed E-state index contributed by atoms with van der Waals surface area (Å²) in [5, 5.41) is 0. The molecule has 1 aliphatic rings. The summed E-state index contributed by atoms with van der Waals surface area (Å²) in [4.78, 5) is 23.7. The molecule has 0 aromatic heterocycles. The number of carbonyl (C=O) groups excluding carboxylic acids is 2. The second-order valence-electron chi connectivity index (χ2n) is 5.38. The van der Waals surface area contributed by atoms with E-state index >= 15 is 0 Å². The van der Waals surface area contributed by atoms with Gasteiger partial charge in [0, 0.05) is 0 Å². The van der Waals surface area contributed by atoms with Crippen molar-refractivity contribution < 1.29 is 14.3 Å². The maximum absolute atomic E-state index is 11.9. The Morgan fingerprint density at radius 1 is 0.941 bits per heavy atom. The first-order chi connectivity index (χ1) is 7.93. The Kier molecular flexibility index (Phi) is 4.91. The van der Waals surface area contributed by atoms with Crippen LogP contribution in [0.15, 0.2) is 12.2 Å². The molecular weight excluding hydrogens is 216 g/mol. The van der Waals surface area contributed by atoms with Crippen molar-refractivity contribution in [1.82, 2.24) is 0 Å². The molecule has 0 amide bonds. The predicted octanol–water partition coefficient (Wildman–Crippen LogP) is 2.95. The Bertz CT molecular complexity index is 285. The molecule has 0 bridgehead atoms. The normalized spacial score (nSPS) is 26.7. The first-order valence-electron chi connectivity index (χ1n) is 6.34. The van der Waals surface area contributed by atoms with E-state index in [0.29, 0.717) is 12.8 Å². The van der Waals surface area contributed by atoms with Crippen LogP contribution in [0, 0.1) is 23.7 Å². The molecular formula is C14H22O3. The fourth-order valence-electron chi connectivity index (χ4n) is 2.02. The van der Waals surface area contributed by atoms with Crippen LogP contribution in [0.3, 0.4) is 0 Å². The van der Waals surface area contributed by atoms with Crippen molar-refractivity contribution in [2.75, 3.05) is 0 Å². The summed E-state index contributed by atoms with van der Waals surface area (Å²) in [6, 6.07) is 0.